The number of nitrogens with one attached hydrogen (secondary N) is 2. The van der Waals surface area contributed by atoms with Crippen LogP contribution in [0.5, 0.6) is 5.75 Å². The fraction of sp³-hybridized carbons (Fsp3) is 0.200. The summed E-state index contributed by atoms with van der Waals surface area (Å²) in [4.78, 5) is 25.4. The molecule has 0 heterocycles. The Hall–Kier alpha value is -2.44. The minimum absolute atomic E-state index is 0.272. The molecule has 2 amide bonds. The average Bonchev–Trinajstić information content (AvgIpc) is 2.83. The monoisotopic (exact) mass is 538 g/mol. The van der Waals surface area contributed by atoms with E-state index in [-0.39, 0.29) is 17.4 Å². The van der Waals surface area contributed by atoms with Crippen LogP contribution in [0.3, 0.4) is 0 Å². The lowest BCUT2D eigenvalue weighted by Crippen LogP contribution is -2.28. The van der Waals surface area contributed by atoms with Crippen molar-refractivity contribution >= 4 is 58.2 Å². The Morgan fingerprint density at radius 3 is 1.74 bits per heavy atom. The predicted octanol–water partition coefficient (Wildman–Crippen LogP) is 6.25. The normalized spacial score (nSPS) is 10.6. The summed E-state index contributed by atoms with van der Waals surface area (Å²) < 4.78 is 5.31. The highest BCUT2D eigenvalue weighted by molar-refractivity contribution is 6.42. The van der Waals surface area contributed by atoms with Gasteiger partial charge in [-0.25, -0.2) is 0 Å². The molecule has 178 valence electrons. The third kappa shape index (κ3) is 7.03. The number of halogens is 4. The van der Waals surface area contributed by atoms with E-state index in [4.69, 9.17) is 51.1 Å². The van der Waals surface area contributed by atoms with Crippen molar-refractivity contribution in [2.75, 3.05) is 20.2 Å². The van der Waals surface area contributed by atoms with E-state index >= 15 is 0 Å². The van der Waals surface area contributed by atoms with Crippen molar-refractivity contribution in [3.63, 3.8) is 0 Å². The molecule has 0 aromatic heterocycles. The fourth-order valence-electron chi connectivity index (χ4n) is 3.25. The van der Waals surface area contributed by atoms with Crippen LogP contribution in [0.4, 0.5) is 0 Å². The van der Waals surface area contributed by atoms with Gasteiger partial charge in [0.15, 0.2) is 0 Å². The smallest absolute Gasteiger partial charge is 0.255 e. The standard InChI is InChI=1S/C25H22Cl4N2O3/c1-34-23-7-4-17(24(32)30-10-8-15-2-5-19(26)21(28)12-15)14-18(23)25(33)31-11-9-16-3-6-20(27)22(29)13-16/h2-7,12-14H,8-11H2,1H3,(H,30,32)(H,31,33). The quantitative estimate of drug-likeness (QED) is 0.337. The van der Waals surface area contributed by atoms with Crippen LogP contribution in [-0.2, 0) is 12.8 Å². The minimum Gasteiger partial charge on any atom is -0.496 e. The Kier molecular flexibility index (Phi) is 9.48. The lowest BCUT2D eigenvalue weighted by atomic mass is 10.1. The Balaban J connectivity index is 1.59. The largest absolute Gasteiger partial charge is 0.496 e. The van der Waals surface area contributed by atoms with Crippen LogP contribution in [-0.4, -0.2) is 32.0 Å². The van der Waals surface area contributed by atoms with Crippen molar-refractivity contribution in [1.82, 2.24) is 10.6 Å². The molecule has 0 aliphatic rings. The zero-order valence-electron chi connectivity index (χ0n) is 18.3. The van der Waals surface area contributed by atoms with Crippen LogP contribution < -0.4 is 15.4 Å². The highest BCUT2D eigenvalue weighted by atomic mass is 35.5. The number of carbonyl (C=O) groups is 2. The Labute approximate surface area is 218 Å². The molecular formula is C25H22Cl4N2O3. The molecule has 0 radical (unpaired) electrons. The van der Waals surface area contributed by atoms with Gasteiger partial charge in [-0.2, -0.15) is 0 Å². The third-order valence-electron chi connectivity index (χ3n) is 5.07. The van der Waals surface area contributed by atoms with Gasteiger partial charge < -0.3 is 15.4 Å². The molecule has 0 unspecified atom stereocenters. The van der Waals surface area contributed by atoms with E-state index in [1.165, 1.54) is 13.2 Å². The van der Waals surface area contributed by atoms with Crippen LogP contribution in [0.25, 0.3) is 0 Å². The first-order valence-corrected chi connectivity index (χ1v) is 11.9. The topological polar surface area (TPSA) is 67.4 Å². The molecule has 5 nitrogen and oxygen atoms in total. The van der Waals surface area contributed by atoms with Crippen molar-refractivity contribution in [3.8, 4) is 5.75 Å². The molecule has 0 fully saturated rings. The molecule has 34 heavy (non-hydrogen) atoms. The molecule has 3 aromatic rings. The van der Waals surface area contributed by atoms with Crippen molar-refractivity contribution < 1.29 is 14.3 Å². The molecule has 0 aliphatic carbocycles. The summed E-state index contributed by atoms with van der Waals surface area (Å²) in [5.41, 5.74) is 2.52. The number of benzene rings is 3. The Bertz CT molecular complexity index is 1200. The zero-order valence-corrected chi connectivity index (χ0v) is 21.3. The molecule has 3 aromatic carbocycles. The second-order valence-corrected chi connectivity index (χ2v) is 9.05. The molecule has 0 aliphatic heterocycles. The minimum atomic E-state index is -0.345. The number of hydrogen-bond acceptors (Lipinski definition) is 3. The SMILES string of the molecule is COc1ccc(C(=O)NCCc2ccc(Cl)c(Cl)c2)cc1C(=O)NCCc1ccc(Cl)c(Cl)c1. The second kappa shape index (κ2) is 12.3. The number of carbonyl (C=O) groups excluding carboxylic acids is 2. The number of ether oxygens (including phenoxy) is 1. The van der Waals surface area contributed by atoms with Crippen molar-refractivity contribution in [2.45, 2.75) is 12.8 Å². The maximum Gasteiger partial charge on any atom is 0.255 e. The number of rotatable bonds is 9. The van der Waals surface area contributed by atoms with Gasteiger partial charge in [-0.15, -0.1) is 0 Å². The number of amides is 2. The summed E-state index contributed by atoms with van der Waals surface area (Å²) in [5.74, 6) is -0.269. The van der Waals surface area contributed by atoms with Crippen LogP contribution in [0.2, 0.25) is 20.1 Å². The maximum atomic E-state index is 12.8. The van der Waals surface area contributed by atoms with Gasteiger partial charge >= 0.3 is 0 Å². The van der Waals surface area contributed by atoms with Gasteiger partial charge in [0.05, 0.1) is 32.8 Å². The zero-order chi connectivity index (χ0) is 24.7. The molecule has 9 heteroatoms. The number of hydrogen-bond donors (Lipinski definition) is 2. The van der Waals surface area contributed by atoms with Gasteiger partial charge in [0.2, 0.25) is 0 Å². The highest BCUT2D eigenvalue weighted by Gasteiger charge is 2.16. The van der Waals surface area contributed by atoms with Gasteiger partial charge in [-0.3, -0.25) is 9.59 Å². The summed E-state index contributed by atoms with van der Waals surface area (Å²) in [6, 6.07) is 15.4. The van der Waals surface area contributed by atoms with E-state index in [1.807, 2.05) is 12.1 Å². The first-order chi connectivity index (χ1) is 16.3. The van der Waals surface area contributed by atoms with Gasteiger partial charge in [0.25, 0.3) is 11.8 Å². The first kappa shape index (κ1) is 26.2. The van der Waals surface area contributed by atoms with Crippen molar-refractivity contribution in [2.24, 2.45) is 0 Å². The van der Waals surface area contributed by atoms with E-state index in [1.54, 1.807) is 36.4 Å². The molecule has 0 spiro atoms. The first-order valence-electron chi connectivity index (χ1n) is 10.4. The lowest BCUT2D eigenvalue weighted by Gasteiger charge is -2.12. The molecule has 0 atom stereocenters. The fourth-order valence-corrected chi connectivity index (χ4v) is 3.90. The summed E-state index contributed by atoms with van der Waals surface area (Å²) in [6.45, 7) is 0.772. The second-order valence-electron chi connectivity index (χ2n) is 7.42. The van der Waals surface area contributed by atoms with Crippen molar-refractivity contribution in [3.05, 3.63) is 96.9 Å². The summed E-state index contributed by atoms with van der Waals surface area (Å²) in [7, 11) is 1.47. The molecule has 0 saturated heterocycles. The highest BCUT2D eigenvalue weighted by Crippen LogP contribution is 2.24. The molecule has 3 rings (SSSR count). The average molecular weight is 540 g/mol. The maximum absolute atomic E-state index is 12.8. The molecule has 0 bridgehead atoms. The Morgan fingerprint density at radius 1 is 0.706 bits per heavy atom. The van der Waals surface area contributed by atoms with E-state index in [2.05, 4.69) is 10.6 Å². The van der Waals surface area contributed by atoms with Gasteiger partial charge in [-0.1, -0.05) is 58.5 Å². The molecule has 2 N–H and O–H groups in total. The van der Waals surface area contributed by atoms with Crippen molar-refractivity contribution in [1.29, 1.82) is 0 Å². The van der Waals surface area contributed by atoms with E-state index in [0.29, 0.717) is 57.3 Å². The van der Waals surface area contributed by atoms with Crippen LogP contribution >= 0.6 is 46.4 Å². The molecular weight excluding hydrogens is 518 g/mol. The molecule has 0 saturated carbocycles. The van der Waals surface area contributed by atoms with Gasteiger partial charge in [0, 0.05) is 18.7 Å². The van der Waals surface area contributed by atoms with E-state index in [0.717, 1.165) is 11.1 Å². The summed E-state index contributed by atoms with van der Waals surface area (Å²) in [6.07, 6.45) is 1.15. The van der Waals surface area contributed by atoms with Crippen LogP contribution in [0, 0.1) is 0 Å². The third-order valence-corrected chi connectivity index (χ3v) is 6.55. The van der Waals surface area contributed by atoms with Crippen LogP contribution in [0.1, 0.15) is 31.8 Å². The van der Waals surface area contributed by atoms with Gasteiger partial charge in [0.1, 0.15) is 5.75 Å². The van der Waals surface area contributed by atoms with Gasteiger partial charge in [-0.05, 0) is 66.4 Å². The summed E-state index contributed by atoms with van der Waals surface area (Å²) in [5, 5.41) is 7.59. The van der Waals surface area contributed by atoms with E-state index in [9.17, 15) is 9.59 Å². The predicted molar refractivity (Wildman–Crippen MR) is 138 cm³/mol. The van der Waals surface area contributed by atoms with Crippen LogP contribution in [0.15, 0.2) is 54.6 Å². The lowest BCUT2D eigenvalue weighted by molar-refractivity contribution is 0.0951. The van der Waals surface area contributed by atoms with E-state index < -0.39 is 0 Å². The summed E-state index contributed by atoms with van der Waals surface area (Å²) >= 11 is 23.9. The number of methoxy groups -OCH3 is 1. The Morgan fingerprint density at radius 2 is 1.24 bits per heavy atom.